The second kappa shape index (κ2) is 11.1. The maximum Gasteiger partial charge on any atom is 0.140 e. The number of nitrogens with zero attached hydrogens (tertiary/aromatic N) is 1. The maximum absolute atomic E-state index is 7.33. The van der Waals surface area contributed by atoms with Crippen LogP contribution >= 0.6 is 0 Å². The lowest BCUT2D eigenvalue weighted by Gasteiger charge is -2.45. The minimum absolute atomic E-state index is 0.692. The summed E-state index contributed by atoms with van der Waals surface area (Å²) in [6.07, 6.45) is 0. The van der Waals surface area contributed by atoms with Crippen LogP contribution < -0.4 is 9.47 Å². The average Bonchev–Trinajstić information content (AvgIpc) is 3.55. The predicted octanol–water partition coefficient (Wildman–Crippen LogP) is 12.7. The molecule has 2 aliphatic rings. The number of aromatic nitrogens is 1. The number of fused-ring (bicyclic) bond motifs is 11. The van der Waals surface area contributed by atoms with Crippen LogP contribution in [0.5, 0.6) is 23.0 Å². The minimum atomic E-state index is -0.692. The molecule has 2 aliphatic heterocycles. The van der Waals surface area contributed by atoms with Gasteiger partial charge in [-0.15, -0.1) is 0 Å². The number of rotatable bonds is 3. The highest BCUT2D eigenvalue weighted by atomic mass is 16.5. The third-order valence-corrected chi connectivity index (χ3v) is 10.9. The monoisotopic (exact) mass is 665 g/mol. The number of benzene rings is 8. The Hall–Kier alpha value is -6.84. The van der Waals surface area contributed by atoms with E-state index in [0.29, 0.717) is 0 Å². The van der Waals surface area contributed by atoms with Gasteiger partial charge in [0.25, 0.3) is 0 Å². The van der Waals surface area contributed by atoms with E-state index in [0.717, 1.165) is 73.2 Å². The summed E-state index contributed by atoms with van der Waals surface area (Å²) in [7, 11) is 0. The van der Waals surface area contributed by atoms with Crippen molar-refractivity contribution in [2.45, 2.75) is 5.41 Å². The Bertz CT molecular complexity index is 2810. The molecule has 1 spiro atoms. The average molecular weight is 666 g/mol. The van der Waals surface area contributed by atoms with Crippen LogP contribution in [0.15, 0.2) is 188 Å². The fourth-order valence-electron chi connectivity index (χ4n) is 8.77. The van der Waals surface area contributed by atoms with E-state index in [1.165, 1.54) is 21.8 Å². The van der Waals surface area contributed by atoms with E-state index in [4.69, 9.17) is 9.47 Å². The summed E-state index contributed by atoms with van der Waals surface area (Å²) >= 11 is 0. The minimum Gasteiger partial charge on any atom is -0.457 e. The van der Waals surface area contributed by atoms with Gasteiger partial charge in [-0.3, -0.25) is 0 Å². The van der Waals surface area contributed by atoms with Crippen molar-refractivity contribution in [3.8, 4) is 50.9 Å². The van der Waals surface area contributed by atoms with Crippen LogP contribution in [0.2, 0.25) is 0 Å². The third kappa shape index (κ3) is 3.96. The number of hydrogen-bond donors (Lipinski definition) is 0. The zero-order valence-electron chi connectivity index (χ0n) is 28.2. The highest BCUT2D eigenvalue weighted by Gasteiger charge is 2.51. The lowest BCUT2D eigenvalue weighted by Crippen LogP contribution is -2.37. The first-order chi connectivity index (χ1) is 25.8. The molecule has 0 unspecified atom stereocenters. The van der Waals surface area contributed by atoms with Crippen molar-refractivity contribution in [2.24, 2.45) is 0 Å². The number of para-hydroxylation sites is 6. The molecule has 0 aliphatic carbocycles. The van der Waals surface area contributed by atoms with Gasteiger partial charge in [0.2, 0.25) is 0 Å². The van der Waals surface area contributed by atoms with Crippen LogP contribution in [0.1, 0.15) is 22.3 Å². The molecule has 1 aromatic heterocycles. The van der Waals surface area contributed by atoms with Gasteiger partial charge < -0.3 is 14.0 Å². The zero-order chi connectivity index (χ0) is 34.2. The summed E-state index contributed by atoms with van der Waals surface area (Å²) in [5.74, 6) is 3.43. The molecule has 0 fully saturated rings. The molecule has 0 bridgehead atoms. The molecular weight excluding hydrogens is 635 g/mol. The van der Waals surface area contributed by atoms with Crippen molar-refractivity contribution in [3.05, 3.63) is 210 Å². The van der Waals surface area contributed by atoms with E-state index in [-0.39, 0.29) is 0 Å². The van der Waals surface area contributed by atoms with Crippen LogP contribution in [0.4, 0.5) is 0 Å². The molecule has 3 nitrogen and oxygen atoms in total. The van der Waals surface area contributed by atoms with Gasteiger partial charge in [0.05, 0.1) is 16.4 Å². The van der Waals surface area contributed by atoms with Crippen molar-refractivity contribution >= 4 is 21.8 Å². The molecule has 0 N–H and O–H groups in total. The molecule has 0 saturated heterocycles. The highest BCUT2D eigenvalue weighted by molar-refractivity contribution is 6.10. The van der Waals surface area contributed by atoms with E-state index in [2.05, 4.69) is 193 Å². The van der Waals surface area contributed by atoms with Crippen molar-refractivity contribution in [2.75, 3.05) is 0 Å². The number of ether oxygens (including phenoxy) is 2. The zero-order valence-corrected chi connectivity index (χ0v) is 28.2. The molecule has 9 aromatic rings. The Labute approximate surface area is 301 Å². The lowest BCUT2D eigenvalue weighted by atomic mass is 9.61. The maximum atomic E-state index is 7.33. The summed E-state index contributed by atoms with van der Waals surface area (Å²) < 4.78 is 16.3. The summed E-state index contributed by atoms with van der Waals surface area (Å²) in [5, 5.41) is 2.42. The molecule has 0 amide bonds. The van der Waals surface area contributed by atoms with Crippen molar-refractivity contribution in [3.63, 3.8) is 0 Å². The van der Waals surface area contributed by atoms with E-state index >= 15 is 0 Å². The molecule has 11 rings (SSSR count). The van der Waals surface area contributed by atoms with Gasteiger partial charge >= 0.3 is 0 Å². The standard InChI is InChI=1S/C49H31NO2/c1-3-15-32(16-4-1)35-20-13-24-41-47(35)52-48-36(21-14-25-42(48)49(41)39-22-8-11-27-45(39)51-46-28-12-9-23-40(46)49)33-29-30-44-38(31-33)37-19-7-10-26-43(37)50(44)34-17-5-2-6-18-34/h1-31H. The van der Waals surface area contributed by atoms with Crippen LogP contribution in [0.3, 0.4) is 0 Å². The second-order valence-corrected chi connectivity index (χ2v) is 13.6. The van der Waals surface area contributed by atoms with Crippen molar-refractivity contribution < 1.29 is 9.47 Å². The van der Waals surface area contributed by atoms with E-state index in [9.17, 15) is 0 Å². The molecule has 0 saturated carbocycles. The first-order valence-corrected chi connectivity index (χ1v) is 17.8. The van der Waals surface area contributed by atoms with Gasteiger partial charge in [-0.2, -0.15) is 0 Å². The van der Waals surface area contributed by atoms with Crippen LogP contribution in [-0.2, 0) is 5.41 Å². The summed E-state index contributed by atoms with van der Waals surface area (Å²) in [6, 6.07) is 66.9. The van der Waals surface area contributed by atoms with Crippen LogP contribution in [0, 0.1) is 0 Å². The van der Waals surface area contributed by atoms with Gasteiger partial charge in [0, 0.05) is 49.8 Å². The normalized spacial score (nSPS) is 13.5. The van der Waals surface area contributed by atoms with Gasteiger partial charge in [0.1, 0.15) is 23.0 Å². The predicted molar refractivity (Wildman–Crippen MR) is 210 cm³/mol. The fourth-order valence-corrected chi connectivity index (χ4v) is 8.77. The van der Waals surface area contributed by atoms with E-state index < -0.39 is 5.41 Å². The first kappa shape index (κ1) is 28.9. The van der Waals surface area contributed by atoms with Gasteiger partial charge in [-0.05, 0) is 53.6 Å². The van der Waals surface area contributed by atoms with Crippen molar-refractivity contribution in [1.82, 2.24) is 4.57 Å². The highest BCUT2D eigenvalue weighted by Crippen LogP contribution is 2.63. The van der Waals surface area contributed by atoms with E-state index in [1.807, 2.05) is 0 Å². The molecule has 0 radical (unpaired) electrons. The Morgan fingerprint density at radius 3 is 1.60 bits per heavy atom. The van der Waals surface area contributed by atoms with Crippen LogP contribution in [-0.4, -0.2) is 4.57 Å². The summed E-state index contributed by atoms with van der Waals surface area (Å²) in [6.45, 7) is 0. The topological polar surface area (TPSA) is 23.4 Å². The first-order valence-electron chi connectivity index (χ1n) is 17.8. The molecule has 0 atom stereocenters. The second-order valence-electron chi connectivity index (χ2n) is 13.6. The molecule has 3 heterocycles. The Morgan fingerprint density at radius 1 is 0.365 bits per heavy atom. The Kier molecular flexibility index (Phi) is 6.17. The van der Waals surface area contributed by atoms with Gasteiger partial charge in [-0.1, -0.05) is 146 Å². The molecule has 3 heteroatoms. The van der Waals surface area contributed by atoms with Crippen LogP contribution in [0.25, 0.3) is 49.7 Å². The Balaban J connectivity index is 1.23. The molecule has 8 aromatic carbocycles. The van der Waals surface area contributed by atoms with Gasteiger partial charge in [-0.25, -0.2) is 0 Å². The Morgan fingerprint density at radius 2 is 0.904 bits per heavy atom. The third-order valence-electron chi connectivity index (χ3n) is 10.9. The molecule has 244 valence electrons. The fraction of sp³-hybridized carbons (Fsp3) is 0.0204. The smallest absolute Gasteiger partial charge is 0.140 e. The molecule has 52 heavy (non-hydrogen) atoms. The quantitative estimate of drug-likeness (QED) is 0.187. The number of hydrogen-bond acceptors (Lipinski definition) is 2. The molecular formula is C49H31NO2. The SMILES string of the molecule is c1ccc(-c2cccc3c2Oc2c(-c4ccc5c(c4)c4ccccc4n5-c4ccccc4)cccc2C32c3ccccc3Oc3ccccc32)cc1. The van der Waals surface area contributed by atoms with Gasteiger partial charge in [0.15, 0.2) is 0 Å². The summed E-state index contributed by atoms with van der Waals surface area (Å²) in [5.41, 5.74) is 11.5. The van der Waals surface area contributed by atoms with E-state index in [1.54, 1.807) is 0 Å². The largest absolute Gasteiger partial charge is 0.457 e. The summed E-state index contributed by atoms with van der Waals surface area (Å²) in [4.78, 5) is 0. The van der Waals surface area contributed by atoms with Crippen molar-refractivity contribution in [1.29, 1.82) is 0 Å². The lowest BCUT2D eigenvalue weighted by molar-refractivity contribution is 0.401.